The Balaban J connectivity index is 2.42. The molecule has 1 aromatic carbocycles. The van der Waals surface area contributed by atoms with Gasteiger partial charge in [-0.25, -0.2) is 4.42 Å². The third-order valence-electron chi connectivity index (χ3n) is 3.00. The first kappa shape index (κ1) is 10.7. The van der Waals surface area contributed by atoms with Crippen molar-refractivity contribution < 1.29 is 4.42 Å². The van der Waals surface area contributed by atoms with Crippen LogP contribution in [0.2, 0.25) is 0 Å². The molecule has 3 aromatic rings. The van der Waals surface area contributed by atoms with Crippen LogP contribution in [0.1, 0.15) is 24.9 Å². The molecular weight excluding hydrogens is 228 g/mol. The molecule has 17 heavy (non-hydrogen) atoms. The molecule has 0 atom stereocenters. The van der Waals surface area contributed by atoms with Gasteiger partial charge in [-0.2, -0.15) is 0 Å². The lowest BCUT2D eigenvalue weighted by molar-refractivity contribution is 0.472. The van der Waals surface area contributed by atoms with Gasteiger partial charge >= 0.3 is 11.5 Å². The second-order valence-electron chi connectivity index (χ2n) is 4.37. The molecule has 1 nitrogen and oxygen atoms in total. The van der Waals surface area contributed by atoms with Crippen LogP contribution in [0.5, 0.6) is 0 Å². The first-order valence-electron chi connectivity index (χ1n) is 6.03. The fourth-order valence-electron chi connectivity index (χ4n) is 2.28. The second kappa shape index (κ2) is 4.11. The van der Waals surface area contributed by atoms with Crippen LogP contribution in [0.4, 0.5) is 0 Å². The summed E-state index contributed by atoms with van der Waals surface area (Å²) in [5.41, 5.74) is 0. The van der Waals surface area contributed by atoms with E-state index in [1.807, 2.05) is 18.3 Å². The predicted octanol–water partition coefficient (Wildman–Crippen LogP) is 5.19. The molecule has 3 rings (SSSR count). The number of hydrogen-bond acceptors (Lipinski definition) is 1. The molecule has 0 aliphatic rings. The Morgan fingerprint density at radius 3 is 2.82 bits per heavy atom. The third-order valence-corrected chi connectivity index (χ3v) is 4.22. The van der Waals surface area contributed by atoms with Gasteiger partial charge < -0.3 is 0 Å². The zero-order valence-corrected chi connectivity index (χ0v) is 10.9. The summed E-state index contributed by atoms with van der Waals surface area (Å²) < 4.78 is 8.54. The van der Waals surface area contributed by atoms with E-state index in [9.17, 15) is 0 Å². The largest absolute Gasteiger partial charge is 0.347 e. The molecule has 86 valence electrons. The molecule has 0 aliphatic heterocycles. The average Bonchev–Trinajstić information content (AvgIpc) is 2.69. The van der Waals surface area contributed by atoms with Gasteiger partial charge in [-0.1, -0.05) is 25.1 Å². The van der Waals surface area contributed by atoms with E-state index in [4.69, 9.17) is 4.42 Å². The van der Waals surface area contributed by atoms with Gasteiger partial charge in [0.25, 0.3) is 0 Å². The Labute approximate surface area is 105 Å². The van der Waals surface area contributed by atoms with Crippen LogP contribution in [-0.2, 0) is 6.42 Å². The molecule has 0 saturated carbocycles. The number of thiophene rings is 1. The first-order valence-corrected chi connectivity index (χ1v) is 6.85. The summed E-state index contributed by atoms with van der Waals surface area (Å²) >= 11 is 1.84. The standard InChI is InChI=1S/C15H15OS/c1-3-6-13-15-12(9-10(2)16-13)11-7-4-5-8-14(11)17-15/h4-5,7-9H,3,6H2,1-2H3/q+1. The van der Waals surface area contributed by atoms with E-state index < -0.39 is 0 Å². The van der Waals surface area contributed by atoms with E-state index in [1.54, 1.807) is 0 Å². The molecule has 0 aliphatic carbocycles. The van der Waals surface area contributed by atoms with Gasteiger partial charge in [0, 0.05) is 21.5 Å². The molecular formula is C15H15OS+. The van der Waals surface area contributed by atoms with Crippen molar-refractivity contribution in [1.82, 2.24) is 0 Å². The van der Waals surface area contributed by atoms with E-state index in [0.717, 1.165) is 24.4 Å². The van der Waals surface area contributed by atoms with Crippen molar-refractivity contribution in [3.05, 3.63) is 41.9 Å². The molecule has 0 bridgehead atoms. The fourth-order valence-corrected chi connectivity index (χ4v) is 3.47. The summed E-state index contributed by atoms with van der Waals surface area (Å²) in [7, 11) is 0. The highest BCUT2D eigenvalue weighted by atomic mass is 32.1. The Hall–Kier alpha value is -1.41. The topological polar surface area (TPSA) is 11.3 Å². The lowest BCUT2D eigenvalue weighted by Crippen LogP contribution is -1.85. The van der Waals surface area contributed by atoms with Gasteiger partial charge in [-0.05, 0) is 12.5 Å². The summed E-state index contributed by atoms with van der Waals surface area (Å²) in [6.45, 7) is 4.22. The van der Waals surface area contributed by atoms with Gasteiger partial charge in [-0.3, -0.25) is 0 Å². The average molecular weight is 243 g/mol. The Morgan fingerprint density at radius 1 is 1.18 bits per heavy atom. The number of benzene rings is 1. The molecule has 2 heterocycles. The minimum absolute atomic E-state index is 1.00. The fraction of sp³-hybridized carbons (Fsp3) is 0.267. The molecule has 2 aromatic heterocycles. The lowest BCUT2D eigenvalue weighted by Gasteiger charge is -1.91. The van der Waals surface area contributed by atoms with Gasteiger partial charge in [0.15, 0.2) is 0 Å². The molecule has 0 unspecified atom stereocenters. The first-order chi connectivity index (χ1) is 8.29. The van der Waals surface area contributed by atoms with Gasteiger partial charge in [-0.15, -0.1) is 11.3 Å². The van der Waals surface area contributed by atoms with Crippen LogP contribution in [0, 0.1) is 6.92 Å². The van der Waals surface area contributed by atoms with Crippen molar-refractivity contribution in [1.29, 1.82) is 0 Å². The predicted molar refractivity (Wildman–Crippen MR) is 74.7 cm³/mol. The number of rotatable bonds is 2. The van der Waals surface area contributed by atoms with Gasteiger partial charge in [0.05, 0.1) is 13.3 Å². The highest BCUT2D eigenvalue weighted by Crippen LogP contribution is 2.36. The Bertz CT molecular complexity index is 682. The number of aryl methyl sites for hydroxylation is 2. The third kappa shape index (κ3) is 1.73. The van der Waals surface area contributed by atoms with Crippen LogP contribution in [0.15, 0.2) is 34.7 Å². The Morgan fingerprint density at radius 2 is 2.00 bits per heavy atom. The molecule has 0 N–H and O–H groups in total. The normalized spacial score (nSPS) is 11.4. The zero-order chi connectivity index (χ0) is 11.8. The highest BCUT2D eigenvalue weighted by Gasteiger charge is 2.19. The van der Waals surface area contributed by atoms with Crippen molar-refractivity contribution in [2.45, 2.75) is 26.7 Å². The summed E-state index contributed by atoms with van der Waals surface area (Å²) in [5.74, 6) is 2.15. The smallest absolute Gasteiger partial charge is 0.217 e. The number of hydrogen-bond donors (Lipinski definition) is 0. The summed E-state index contributed by atoms with van der Waals surface area (Å²) in [6, 6.07) is 10.7. The Kier molecular flexibility index (Phi) is 2.60. The summed E-state index contributed by atoms with van der Waals surface area (Å²) in [5, 5.41) is 2.70. The quantitative estimate of drug-likeness (QED) is 0.564. The van der Waals surface area contributed by atoms with Crippen LogP contribution in [0.3, 0.4) is 0 Å². The molecule has 0 amide bonds. The SMILES string of the molecule is CCCc1[o+]c(C)cc2c1sc1ccccc12. The lowest BCUT2D eigenvalue weighted by atomic mass is 10.1. The molecule has 0 saturated heterocycles. The number of fused-ring (bicyclic) bond motifs is 3. The van der Waals surface area contributed by atoms with Gasteiger partial charge in [0.1, 0.15) is 4.70 Å². The van der Waals surface area contributed by atoms with Crippen LogP contribution in [0.25, 0.3) is 20.2 Å². The van der Waals surface area contributed by atoms with E-state index in [0.29, 0.717) is 0 Å². The van der Waals surface area contributed by atoms with Crippen molar-refractivity contribution in [2.24, 2.45) is 0 Å². The molecule has 0 fully saturated rings. The minimum Gasteiger partial charge on any atom is -0.217 e. The van der Waals surface area contributed by atoms with E-state index >= 15 is 0 Å². The molecule has 0 radical (unpaired) electrons. The summed E-state index contributed by atoms with van der Waals surface area (Å²) in [6.07, 6.45) is 2.14. The maximum absolute atomic E-state index is 5.87. The maximum atomic E-state index is 5.87. The van der Waals surface area contributed by atoms with E-state index in [2.05, 4.69) is 37.3 Å². The van der Waals surface area contributed by atoms with Gasteiger partial charge in [0.2, 0.25) is 0 Å². The van der Waals surface area contributed by atoms with Crippen LogP contribution >= 0.6 is 11.3 Å². The minimum atomic E-state index is 1.00. The highest BCUT2D eigenvalue weighted by molar-refractivity contribution is 7.26. The van der Waals surface area contributed by atoms with Crippen LogP contribution < -0.4 is 0 Å². The summed E-state index contributed by atoms with van der Waals surface area (Å²) in [4.78, 5) is 0. The van der Waals surface area contributed by atoms with E-state index in [-0.39, 0.29) is 0 Å². The van der Waals surface area contributed by atoms with E-state index in [1.165, 1.54) is 20.2 Å². The monoisotopic (exact) mass is 243 g/mol. The van der Waals surface area contributed by atoms with Crippen molar-refractivity contribution in [2.75, 3.05) is 0 Å². The van der Waals surface area contributed by atoms with Crippen molar-refractivity contribution in [3.8, 4) is 0 Å². The van der Waals surface area contributed by atoms with Crippen molar-refractivity contribution in [3.63, 3.8) is 0 Å². The molecule has 2 heteroatoms. The second-order valence-corrected chi connectivity index (χ2v) is 5.42. The maximum Gasteiger partial charge on any atom is 0.347 e. The van der Waals surface area contributed by atoms with Crippen molar-refractivity contribution >= 4 is 31.5 Å². The zero-order valence-electron chi connectivity index (χ0n) is 10.1. The molecule has 0 spiro atoms. The van der Waals surface area contributed by atoms with Crippen LogP contribution in [-0.4, -0.2) is 0 Å².